The Morgan fingerprint density at radius 3 is 2.33 bits per heavy atom. The molecule has 7 heteroatoms. The summed E-state index contributed by atoms with van der Waals surface area (Å²) in [5.74, 6) is -0.393. The second kappa shape index (κ2) is 7.83. The quantitative estimate of drug-likeness (QED) is 0.827. The van der Waals surface area contributed by atoms with E-state index in [0.29, 0.717) is 12.2 Å². The molecule has 2 aromatic rings. The van der Waals surface area contributed by atoms with Crippen molar-refractivity contribution in [1.82, 2.24) is 4.72 Å². The Kier molecular flexibility index (Phi) is 5.81. The topological polar surface area (TPSA) is 81.7 Å². The first-order chi connectivity index (χ1) is 11.5. The number of para-hydroxylation sites is 1. The van der Waals surface area contributed by atoms with E-state index in [0.717, 1.165) is 5.56 Å². The standard InChI is InChI=1S/C17H19NO5S/c1-22-15-10-6-9-14(16(15)23-2)17(19)18-24(20,21)12-11-13-7-4-3-5-8-13/h3-10H,11-12H2,1-2H3,(H,18,19). The molecule has 6 nitrogen and oxygen atoms in total. The van der Waals surface area contributed by atoms with Gasteiger partial charge in [0.2, 0.25) is 10.0 Å². The lowest BCUT2D eigenvalue weighted by Crippen LogP contribution is -2.33. The maximum Gasteiger partial charge on any atom is 0.268 e. The highest BCUT2D eigenvalue weighted by Gasteiger charge is 2.21. The molecule has 0 aromatic heterocycles. The number of hydrogen-bond donors (Lipinski definition) is 1. The van der Waals surface area contributed by atoms with Crippen LogP contribution in [0.2, 0.25) is 0 Å². The fourth-order valence-corrected chi connectivity index (χ4v) is 3.21. The van der Waals surface area contributed by atoms with E-state index >= 15 is 0 Å². The molecule has 2 aromatic carbocycles. The van der Waals surface area contributed by atoms with Crippen LogP contribution in [0.3, 0.4) is 0 Å². The summed E-state index contributed by atoms with van der Waals surface area (Å²) in [6.45, 7) is 0. The number of amides is 1. The molecular formula is C17H19NO5S. The Morgan fingerprint density at radius 1 is 1.00 bits per heavy atom. The molecule has 0 saturated carbocycles. The first-order valence-electron chi connectivity index (χ1n) is 7.26. The molecule has 0 aliphatic heterocycles. The second-order valence-corrected chi connectivity index (χ2v) is 6.87. The number of carbonyl (C=O) groups is 1. The van der Waals surface area contributed by atoms with Gasteiger partial charge in [-0.2, -0.15) is 0 Å². The summed E-state index contributed by atoms with van der Waals surface area (Å²) in [5.41, 5.74) is 0.981. The molecule has 0 saturated heterocycles. The zero-order valence-corrected chi connectivity index (χ0v) is 14.3. The van der Waals surface area contributed by atoms with Gasteiger partial charge < -0.3 is 9.47 Å². The largest absolute Gasteiger partial charge is 0.493 e. The zero-order chi connectivity index (χ0) is 17.6. The minimum atomic E-state index is -3.77. The molecule has 128 valence electrons. The van der Waals surface area contributed by atoms with Gasteiger partial charge >= 0.3 is 0 Å². The number of carbonyl (C=O) groups excluding carboxylic acids is 1. The lowest BCUT2D eigenvalue weighted by Gasteiger charge is -2.12. The maximum absolute atomic E-state index is 12.3. The molecule has 0 heterocycles. The molecule has 0 aliphatic carbocycles. The van der Waals surface area contributed by atoms with Crippen LogP contribution < -0.4 is 14.2 Å². The van der Waals surface area contributed by atoms with Crippen molar-refractivity contribution in [2.24, 2.45) is 0 Å². The van der Waals surface area contributed by atoms with E-state index in [2.05, 4.69) is 4.72 Å². The number of sulfonamides is 1. The van der Waals surface area contributed by atoms with E-state index in [1.54, 1.807) is 12.1 Å². The molecule has 1 N–H and O–H groups in total. The highest BCUT2D eigenvalue weighted by molar-refractivity contribution is 7.90. The van der Waals surface area contributed by atoms with Crippen molar-refractivity contribution in [2.75, 3.05) is 20.0 Å². The number of nitrogens with one attached hydrogen (secondary N) is 1. The van der Waals surface area contributed by atoms with Crippen molar-refractivity contribution in [3.05, 3.63) is 59.7 Å². The van der Waals surface area contributed by atoms with Gasteiger partial charge in [0.15, 0.2) is 11.5 Å². The van der Waals surface area contributed by atoms with E-state index in [-0.39, 0.29) is 17.1 Å². The van der Waals surface area contributed by atoms with Crippen LogP contribution in [0.1, 0.15) is 15.9 Å². The molecule has 0 unspecified atom stereocenters. The average Bonchev–Trinajstić information content (AvgIpc) is 2.59. The van der Waals surface area contributed by atoms with Gasteiger partial charge in [0, 0.05) is 0 Å². The smallest absolute Gasteiger partial charge is 0.268 e. The predicted octanol–water partition coefficient (Wildman–Crippen LogP) is 2.01. The van der Waals surface area contributed by atoms with Gasteiger partial charge in [-0.05, 0) is 24.1 Å². The molecular weight excluding hydrogens is 330 g/mol. The highest BCUT2D eigenvalue weighted by atomic mass is 32.2. The maximum atomic E-state index is 12.3. The Morgan fingerprint density at radius 2 is 1.71 bits per heavy atom. The third-order valence-electron chi connectivity index (χ3n) is 3.40. The monoisotopic (exact) mass is 349 g/mol. The molecule has 0 bridgehead atoms. The van der Waals surface area contributed by atoms with Gasteiger partial charge in [0.1, 0.15) is 0 Å². The fraction of sp³-hybridized carbons (Fsp3) is 0.235. The molecule has 0 fully saturated rings. The third-order valence-corrected chi connectivity index (χ3v) is 4.64. The minimum absolute atomic E-state index is 0.0973. The second-order valence-electron chi connectivity index (χ2n) is 5.03. The molecule has 0 radical (unpaired) electrons. The van der Waals surface area contributed by atoms with E-state index < -0.39 is 15.9 Å². The van der Waals surface area contributed by atoms with Gasteiger partial charge in [0.25, 0.3) is 5.91 Å². The van der Waals surface area contributed by atoms with Gasteiger partial charge in [0.05, 0.1) is 25.5 Å². The third kappa shape index (κ3) is 4.48. The summed E-state index contributed by atoms with van der Waals surface area (Å²) in [6.07, 6.45) is 0.318. The van der Waals surface area contributed by atoms with Crippen LogP contribution in [0.5, 0.6) is 11.5 Å². The van der Waals surface area contributed by atoms with Gasteiger partial charge in [-0.25, -0.2) is 13.1 Å². The molecule has 0 atom stereocenters. The summed E-state index contributed by atoms with van der Waals surface area (Å²) in [5, 5.41) is 0. The van der Waals surface area contributed by atoms with Gasteiger partial charge in [-0.15, -0.1) is 0 Å². The molecule has 2 rings (SSSR count). The summed E-state index contributed by atoms with van der Waals surface area (Å²) >= 11 is 0. The van der Waals surface area contributed by atoms with Crippen LogP contribution in [0, 0.1) is 0 Å². The van der Waals surface area contributed by atoms with Crippen LogP contribution in [0.25, 0.3) is 0 Å². The van der Waals surface area contributed by atoms with E-state index in [4.69, 9.17) is 9.47 Å². The molecule has 1 amide bonds. The van der Waals surface area contributed by atoms with Crippen LogP contribution >= 0.6 is 0 Å². The van der Waals surface area contributed by atoms with Crippen LogP contribution in [0.4, 0.5) is 0 Å². The Hall–Kier alpha value is -2.54. The van der Waals surface area contributed by atoms with Gasteiger partial charge in [-0.3, -0.25) is 4.79 Å². The minimum Gasteiger partial charge on any atom is -0.493 e. The first kappa shape index (κ1) is 17.8. The van der Waals surface area contributed by atoms with Crippen molar-refractivity contribution in [3.8, 4) is 11.5 Å². The number of hydrogen-bond acceptors (Lipinski definition) is 5. The molecule has 0 aliphatic rings. The van der Waals surface area contributed by atoms with Crippen molar-refractivity contribution in [3.63, 3.8) is 0 Å². The SMILES string of the molecule is COc1cccc(C(=O)NS(=O)(=O)CCc2ccccc2)c1OC. The van der Waals surface area contributed by atoms with E-state index in [1.807, 2.05) is 30.3 Å². The van der Waals surface area contributed by atoms with Crippen molar-refractivity contribution in [2.45, 2.75) is 6.42 Å². The fourth-order valence-electron chi connectivity index (χ4n) is 2.21. The average molecular weight is 349 g/mol. The number of aryl methyl sites for hydroxylation is 1. The van der Waals surface area contributed by atoms with Crippen LogP contribution in [0.15, 0.2) is 48.5 Å². The Balaban J connectivity index is 2.11. The zero-order valence-electron chi connectivity index (χ0n) is 13.5. The van der Waals surface area contributed by atoms with Crippen molar-refractivity contribution < 1.29 is 22.7 Å². The summed E-state index contributed by atoms with van der Waals surface area (Å²) in [6, 6.07) is 13.9. The molecule has 0 spiro atoms. The normalized spacial score (nSPS) is 10.9. The number of methoxy groups -OCH3 is 2. The van der Waals surface area contributed by atoms with E-state index in [1.165, 1.54) is 20.3 Å². The number of rotatable bonds is 7. The number of ether oxygens (including phenoxy) is 2. The Labute approximate surface area is 141 Å². The lowest BCUT2D eigenvalue weighted by molar-refractivity contribution is 0.0978. The van der Waals surface area contributed by atoms with Crippen LogP contribution in [-0.4, -0.2) is 34.3 Å². The first-order valence-corrected chi connectivity index (χ1v) is 8.92. The summed E-state index contributed by atoms with van der Waals surface area (Å²) < 4.78 is 36.6. The van der Waals surface area contributed by atoms with Crippen molar-refractivity contribution >= 4 is 15.9 Å². The summed E-state index contributed by atoms with van der Waals surface area (Å²) in [4.78, 5) is 12.3. The van der Waals surface area contributed by atoms with Crippen molar-refractivity contribution in [1.29, 1.82) is 0 Å². The predicted molar refractivity (Wildman–Crippen MR) is 90.9 cm³/mol. The van der Waals surface area contributed by atoms with E-state index in [9.17, 15) is 13.2 Å². The Bertz CT molecular complexity index is 803. The van der Waals surface area contributed by atoms with Crippen LogP contribution in [-0.2, 0) is 16.4 Å². The summed E-state index contributed by atoms with van der Waals surface area (Å²) in [7, 11) is -0.940. The molecule has 24 heavy (non-hydrogen) atoms. The number of benzene rings is 2. The van der Waals surface area contributed by atoms with Gasteiger partial charge in [-0.1, -0.05) is 36.4 Å². The lowest BCUT2D eigenvalue weighted by atomic mass is 10.2. The highest BCUT2D eigenvalue weighted by Crippen LogP contribution is 2.30.